The van der Waals surface area contributed by atoms with Gasteiger partial charge in [-0.2, -0.15) is 0 Å². The van der Waals surface area contributed by atoms with Gasteiger partial charge in [-0.1, -0.05) is 52.0 Å². The van der Waals surface area contributed by atoms with E-state index >= 15 is 0 Å². The van der Waals surface area contributed by atoms with Crippen molar-refractivity contribution in [3.63, 3.8) is 0 Å². The van der Waals surface area contributed by atoms with E-state index < -0.39 is 0 Å². The van der Waals surface area contributed by atoms with Gasteiger partial charge in [0.1, 0.15) is 0 Å². The zero-order valence-electron chi connectivity index (χ0n) is 10.6. The Morgan fingerprint density at radius 3 is 1.93 bits per heavy atom. The van der Waals surface area contributed by atoms with Gasteiger partial charge in [0, 0.05) is 0 Å². The first kappa shape index (κ1) is 13.7. The molecule has 0 fully saturated rings. The van der Waals surface area contributed by atoms with Gasteiger partial charge in [0.15, 0.2) is 0 Å². The van der Waals surface area contributed by atoms with Crippen LogP contribution in [0.1, 0.15) is 66.2 Å². The Bertz CT molecular complexity index is 146. The van der Waals surface area contributed by atoms with Gasteiger partial charge in [-0.25, -0.2) is 0 Å². The highest BCUT2D eigenvalue weighted by atomic mass is 14.1. The molecule has 0 amide bonds. The van der Waals surface area contributed by atoms with Gasteiger partial charge in [0.05, 0.1) is 0 Å². The molecule has 0 bridgehead atoms. The highest BCUT2D eigenvalue weighted by Gasteiger charge is 2.05. The van der Waals surface area contributed by atoms with E-state index in [0.29, 0.717) is 0 Å². The molecule has 0 aliphatic carbocycles. The van der Waals surface area contributed by atoms with Crippen LogP contribution >= 0.6 is 0 Å². The molecule has 0 saturated heterocycles. The maximum atomic E-state index is 3.95. The predicted molar refractivity (Wildman–Crippen MR) is 66.5 cm³/mol. The van der Waals surface area contributed by atoms with Crippen molar-refractivity contribution in [2.24, 2.45) is 11.8 Å². The quantitative estimate of drug-likeness (QED) is 0.468. The van der Waals surface area contributed by atoms with Crippen LogP contribution in [-0.4, -0.2) is 0 Å². The highest BCUT2D eigenvalue weighted by Crippen LogP contribution is 2.20. The highest BCUT2D eigenvalue weighted by molar-refractivity contribution is 4.87. The number of hydrogen-bond donors (Lipinski definition) is 0. The summed E-state index contributed by atoms with van der Waals surface area (Å²) < 4.78 is 0. The Morgan fingerprint density at radius 2 is 1.50 bits per heavy atom. The van der Waals surface area contributed by atoms with Crippen LogP contribution in [0.15, 0.2) is 12.2 Å². The lowest BCUT2D eigenvalue weighted by atomic mass is 9.92. The van der Waals surface area contributed by atoms with E-state index in [9.17, 15) is 0 Å². The fourth-order valence-electron chi connectivity index (χ4n) is 1.84. The van der Waals surface area contributed by atoms with Crippen LogP contribution in [0, 0.1) is 11.8 Å². The smallest absolute Gasteiger partial charge is 0.0323 e. The normalized spacial score (nSPS) is 15.1. The first-order chi connectivity index (χ1) is 6.56. The molecule has 0 N–H and O–H groups in total. The molecule has 0 saturated carbocycles. The van der Waals surface area contributed by atoms with E-state index in [1.165, 1.54) is 44.1 Å². The molecule has 0 aliphatic rings. The van der Waals surface area contributed by atoms with E-state index in [0.717, 1.165) is 11.8 Å². The Hall–Kier alpha value is -0.260. The molecular formula is C14H28. The molecule has 0 aromatic heterocycles. The first-order valence-corrected chi connectivity index (χ1v) is 6.20. The summed E-state index contributed by atoms with van der Waals surface area (Å²) in [5.74, 6) is 1.80. The van der Waals surface area contributed by atoms with Crippen molar-refractivity contribution in [3.05, 3.63) is 12.2 Å². The van der Waals surface area contributed by atoms with Crippen molar-refractivity contribution < 1.29 is 0 Å². The molecule has 0 radical (unpaired) electrons. The molecule has 0 nitrogen and oxygen atoms in total. The van der Waals surface area contributed by atoms with Gasteiger partial charge in [0.2, 0.25) is 0 Å². The third-order valence-electron chi connectivity index (χ3n) is 3.00. The molecule has 84 valence electrons. The Kier molecular flexibility index (Phi) is 7.93. The minimum Gasteiger partial charge on any atom is -0.100 e. The van der Waals surface area contributed by atoms with Crippen molar-refractivity contribution in [1.82, 2.24) is 0 Å². The number of allylic oxidation sites excluding steroid dienone is 1. The standard InChI is InChI=1S/C14H28/c1-6-7-13(4)10-11-14(5)9-8-12(2)3/h13-14H,2,6-11H2,1,3-5H3. The number of hydrogen-bond acceptors (Lipinski definition) is 0. The van der Waals surface area contributed by atoms with Crippen LogP contribution in [0.2, 0.25) is 0 Å². The zero-order chi connectivity index (χ0) is 11.0. The summed E-state index contributed by atoms with van der Waals surface area (Å²) >= 11 is 0. The molecule has 0 heterocycles. The van der Waals surface area contributed by atoms with Crippen LogP contribution in [-0.2, 0) is 0 Å². The van der Waals surface area contributed by atoms with Gasteiger partial charge in [-0.3, -0.25) is 0 Å². The van der Waals surface area contributed by atoms with Crippen molar-refractivity contribution >= 4 is 0 Å². The topological polar surface area (TPSA) is 0 Å². The average Bonchev–Trinajstić information content (AvgIpc) is 2.12. The Balaban J connectivity index is 3.42. The largest absolute Gasteiger partial charge is 0.100 e. The van der Waals surface area contributed by atoms with Crippen LogP contribution < -0.4 is 0 Å². The second-order valence-electron chi connectivity index (χ2n) is 5.07. The fourth-order valence-corrected chi connectivity index (χ4v) is 1.84. The summed E-state index contributed by atoms with van der Waals surface area (Å²) in [6.07, 6.45) is 8.08. The van der Waals surface area contributed by atoms with Crippen molar-refractivity contribution in [3.8, 4) is 0 Å². The summed E-state index contributed by atoms with van der Waals surface area (Å²) in [5.41, 5.74) is 1.33. The molecule has 0 heteroatoms. The van der Waals surface area contributed by atoms with Crippen LogP contribution in [0.4, 0.5) is 0 Å². The molecule has 2 atom stereocenters. The minimum absolute atomic E-state index is 0.881. The molecule has 0 aromatic carbocycles. The molecule has 14 heavy (non-hydrogen) atoms. The maximum Gasteiger partial charge on any atom is -0.0323 e. The van der Waals surface area contributed by atoms with Crippen LogP contribution in [0.3, 0.4) is 0 Å². The molecule has 0 spiro atoms. The lowest BCUT2D eigenvalue weighted by Crippen LogP contribution is -2.00. The molecule has 0 aliphatic heterocycles. The van der Waals surface area contributed by atoms with E-state index in [1.54, 1.807) is 0 Å². The van der Waals surface area contributed by atoms with Gasteiger partial charge in [-0.15, -0.1) is 6.58 Å². The van der Waals surface area contributed by atoms with Crippen molar-refractivity contribution in [1.29, 1.82) is 0 Å². The summed E-state index contributed by atoms with van der Waals surface area (Å²) in [5, 5.41) is 0. The second kappa shape index (κ2) is 8.08. The van der Waals surface area contributed by atoms with Crippen molar-refractivity contribution in [2.45, 2.75) is 66.2 Å². The lowest BCUT2D eigenvalue weighted by Gasteiger charge is -2.14. The summed E-state index contributed by atoms with van der Waals surface area (Å²) in [4.78, 5) is 0. The van der Waals surface area contributed by atoms with Gasteiger partial charge < -0.3 is 0 Å². The lowest BCUT2D eigenvalue weighted by molar-refractivity contribution is 0.395. The third kappa shape index (κ3) is 8.34. The third-order valence-corrected chi connectivity index (χ3v) is 3.00. The first-order valence-electron chi connectivity index (χ1n) is 6.20. The zero-order valence-corrected chi connectivity index (χ0v) is 10.6. The van der Waals surface area contributed by atoms with Gasteiger partial charge in [-0.05, 0) is 31.6 Å². The van der Waals surface area contributed by atoms with Crippen LogP contribution in [0.25, 0.3) is 0 Å². The van der Waals surface area contributed by atoms with Crippen LogP contribution in [0.5, 0.6) is 0 Å². The van der Waals surface area contributed by atoms with Gasteiger partial charge >= 0.3 is 0 Å². The Morgan fingerprint density at radius 1 is 1.00 bits per heavy atom. The fraction of sp³-hybridized carbons (Fsp3) is 0.857. The Labute approximate surface area is 90.8 Å². The second-order valence-corrected chi connectivity index (χ2v) is 5.07. The SMILES string of the molecule is C=C(C)CCC(C)CCC(C)CCC. The average molecular weight is 196 g/mol. The molecule has 0 aromatic rings. The predicted octanol–water partition coefficient (Wildman–Crippen LogP) is 5.20. The van der Waals surface area contributed by atoms with E-state index in [1.807, 2.05) is 0 Å². The van der Waals surface area contributed by atoms with E-state index in [4.69, 9.17) is 0 Å². The summed E-state index contributed by atoms with van der Waals surface area (Å²) in [6.45, 7) is 13.1. The summed E-state index contributed by atoms with van der Waals surface area (Å²) in [6, 6.07) is 0. The minimum atomic E-state index is 0.881. The van der Waals surface area contributed by atoms with E-state index in [-0.39, 0.29) is 0 Å². The van der Waals surface area contributed by atoms with Gasteiger partial charge in [0.25, 0.3) is 0 Å². The molecule has 2 unspecified atom stereocenters. The number of rotatable bonds is 8. The monoisotopic (exact) mass is 196 g/mol. The van der Waals surface area contributed by atoms with E-state index in [2.05, 4.69) is 34.3 Å². The summed E-state index contributed by atoms with van der Waals surface area (Å²) in [7, 11) is 0. The maximum absolute atomic E-state index is 3.95. The molecular weight excluding hydrogens is 168 g/mol. The van der Waals surface area contributed by atoms with Crippen molar-refractivity contribution in [2.75, 3.05) is 0 Å². The molecule has 0 rings (SSSR count).